The molecule has 4 aromatic carbocycles. The molecule has 0 bridgehead atoms. The fraction of sp³-hybridized carbons (Fsp3) is 0.306. The smallest absolute Gasteiger partial charge is 0.293 e. The summed E-state index contributed by atoms with van der Waals surface area (Å²) in [5, 5.41) is 2.56. The van der Waals surface area contributed by atoms with E-state index < -0.39 is 25.1 Å². The van der Waals surface area contributed by atoms with E-state index >= 15 is 0 Å². The first-order valence-corrected chi connectivity index (χ1v) is 15.5. The molecule has 2 atom stereocenters. The molecule has 0 amide bonds. The molecule has 1 aliphatic rings. The molecule has 1 nitrogen and oxygen atoms in total. The van der Waals surface area contributed by atoms with Gasteiger partial charge in [0.2, 0.25) is 0 Å². The number of hydrogen-bond donors (Lipinski definition) is 0. The summed E-state index contributed by atoms with van der Waals surface area (Å²) in [4.78, 5) is 14.6. The fourth-order valence-electron chi connectivity index (χ4n) is 6.98. The van der Waals surface area contributed by atoms with E-state index in [1.165, 1.54) is 44.0 Å². The first-order chi connectivity index (χ1) is 19.3. The normalized spacial score (nSPS) is 18.8. The number of hydrogen-bond acceptors (Lipinski definition) is 1. The molecule has 5 heteroatoms. The molecule has 0 unspecified atom stereocenters. The van der Waals surface area contributed by atoms with Gasteiger partial charge in [-0.15, -0.1) is 0 Å². The molecule has 0 radical (unpaired) electrons. The largest absolute Gasteiger partial charge is 0.416 e. The van der Waals surface area contributed by atoms with Crippen molar-refractivity contribution in [2.45, 2.75) is 71.6 Å². The Morgan fingerprint density at radius 3 is 1.59 bits per heavy atom. The van der Waals surface area contributed by atoms with Crippen molar-refractivity contribution in [1.82, 2.24) is 0 Å². The van der Waals surface area contributed by atoms with Gasteiger partial charge in [0.25, 0.3) is 0 Å². The third-order valence-corrected chi connectivity index (χ3v) is 12.3. The van der Waals surface area contributed by atoms with Crippen LogP contribution in [0.1, 0.15) is 67.7 Å². The second kappa shape index (κ2) is 10.9. The molecule has 1 fully saturated rings. The van der Waals surface area contributed by atoms with Crippen molar-refractivity contribution in [2.75, 3.05) is 0 Å². The molecule has 0 saturated heterocycles. The van der Waals surface area contributed by atoms with Gasteiger partial charge in [-0.2, -0.15) is 13.2 Å². The van der Waals surface area contributed by atoms with Crippen molar-refractivity contribution in [3.63, 3.8) is 0 Å². The Bertz CT molecular complexity index is 1500. The van der Waals surface area contributed by atoms with Gasteiger partial charge < -0.3 is 0 Å². The second-order valence-corrected chi connectivity index (χ2v) is 13.9. The van der Waals surface area contributed by atoms with Crippen LogP contribution >= 0.6 is 7.92 Å². The summed E-state index contributed by atoms with van der Waals surface area (Å²) < 4.78 is 40.7. The van der Waals surface area contributed by atoms with Crippen LogP contribution in [-0.4, -0.2) is 11.4 Å². The standard InChI is InChI=1S/C36H36F3OP/c1-22-18-24(3)32(25(4)19-22)41(33-26(5)20-23(2)21-27(33)6)31-16-17-35(31,34(40)28-10-8-7-9-11-28)29-12-14-30(15-13-29)36(37,38)39/h7-15,18-21,31H,16-17H2,1-6H3/t31-,35+/m1/s1. The van der Waals surface area contributed by atoms with Gasteiger partial charge in [0.05, 0.1) is 11.0 Å². The van der Waals surface area contributed by atoms with E-state index in [0.29, 0.717) is 17.5 Å². The Morgan fingerprint density at radius 2 is 1.20 bits per heavy atom. The summed E-state index contributed by atoms with van der Waals surface area (Å²) in [6.45, 7) is 12.8. The SMILES string of the molecule is Cc1cc(C)c(P(c2c(C)cc(C)cc2C)[C@@H]2CC[C@]2(C(=O)c2ccccc2)c2ccc(C(F)(F)F)cc2)c(C)c1. The number of halogens is 3. The highest BCUT2D eigenvalue weighted by Gasteiger charge is 2.57. The number of Topliss-reactive ketones (excluding diaryl/α,β-unsaturated/α-hetero) is 1. The van der Waals surface area contributed by atoms with E-state index in [9.17, 15) is 18.0 Å². The molecular formula is C36H36F3OP. The van der Waals surface area contributed by atoms with Crippen LogP contribution in [0.15, 0.2) is 78.9 Å². The maximum Gasteiger partial charge on any atom is 0.416 e. The Morgan fingerprint density at radius 1 is 0.732 bits per heavy atom. The Labute approximate surface area is 242 Å². The first kappa shape index (κ1) is 29.3. The van der Waals surface area contributed by atoms with Gasteiger partial charge >= 0.3 is 6.18 Å². The van der Waals surface area contributed by atoms with Crippen molar-refractivity contribution < 1.29 is 18.0 Å². The van der Waals surface area contributed by atoms with E-state index in [-0.39, 0.29) is 11.4 Å². The van der Waals surface area contributed by atoms with Crippen molar-refractivity contribution in [1.29, 1.82) is 0 Å². The van der Waals surface area contributed by atoms with Crippen molar-refractivity contribution in [2.24, 2.45) is 0 Å². The van der Waals surface area contributed by atoms with Crippen LogP contribution < -0.4 is 10.6 Å². The molecule has 0 aliphatic heterocycles. The molecule has 1 saturated carbocycles. The highest BCUT2D eigenvalue weighted by atomic mass is 31.1. The third-order valence-electron chi connectivity index (χ3n) is 8.61. The lowest BCUT2D eigenvalue weighted by atomic mass is 9.60. The van der Waals surface area contributed by atoms with Gasteiger partial charge in [-0.25, -0.2) is 0 Å². The molecule has 1 aliphatic carbocycles. The zero-order chi connectivity index (χ0) is 29.7. The van der Waals surface area contributed by atoms with Crippen LogP contribution in [0.3, 0.4) is 0 Å². The minimum atomic E-state index is -4.44. The zero-order valence-corrected chi connectivity index (χ0v) is 25.4. The monoisotopic (exact) mass is 572 g/mol. The fourth-order valence-corrected chi connectivity index (χ4v) is 10.8. The lowest BCUT2D eigenvalue weighted by Crippen LogP contribution is -2.56. The van der Waals surface area contributed by atoms with Crippen LogP contribution in [0.5, 0.6) is 0 Å². The van der Waals surface area contributed by atoms with E-state index in [1.807, 2.05) is 30.3 Å². The van der Waals surface area contributed by atoms with E-state index in [1.54, 1.807) is 12.1 Å². The minimum Gasteiger partial charge on any atom is -0.293 e. The predicted molar refractivity (Wildman–Crippen MR) is 164 cm³/mol. The van der Waals surface area contributed by atoms with E-state index in [0.717, 1.165) is 18.6 Å². The average Bonchev–Trinajstić information content (AvgIpc) is 2.87. The van der Waals surface area contributed by atoms with E-state index in [2.05, 4.69) is 65.8 Å². The van der Waals surface area contributed by atoms with Crippen molar-refractivity contribution >= 4 is 24.3 Å². The number of carbonyl (C=O) groups is 1. The van der Waals surface area contributed by atoms with Gasteiger partial charge in [0.1, 0.15) is 0 Å². The molecule has 0 N–H and O–H groups in total. The molecule has 0 spiro atoms. The molecular weight excluding hydrogens is 536 g/mol. The maximum atomic E-state index is 14.6. The molecule has 4 aromatic rings. The summed E-state index contributed by atoms with van der Waals surface area (Å²) in [6.07, 6.45) is -3.01. The van der Waals surface area contributed by atoms with Gasteiger partial charge in [-0.3, -0.25) is 4.79 Å². The van der Waals surface area contributed by atoms with Crippen LogP contribution in [0, 0.1) is 41.5 Å². The van der Waals surface area contributed by atoms with Crippen molar-refractivity contribution in [3.05, 3.63) is 129 Å². The zero-order valence-electron chi connectivity index (χ0n) is 24.5. The Kier molecular flexibility index (Phi) is 7.76. The average molecular weight is 573 g/mol. The Hall–Kier alpha value is -3.23. The Balaban J connectivity index is 1.79. The van der Waals surface area contributed by atoms with Crippen molar-refractivity contribution in [3.8, 4) is 0 Å². The predicted octanol–water partition coefficient (Wildman–Crippen LogP) is 8.97. The number of alkyl halides is 3. The van der Waals surface area contributed by atoms with Gasteiger partial charge in [0.15, 0.2) is 5.78 Å². The number of rotatable bonds is 6. The molecule has 0 heterocycles. The first-order valence-electron chi connectivity index (χ1n) is 14.1. The topological polar surface area (TPSA) is 17.1 Å². The highest BCUT2D eigenvalue weighted by Crippen LogP contribution is 2.62. The van der Waals surface area contributed by atoms with Gasteiger partial charge in [-0.1, -0.05) is 77.9 Å². The quantitative estimate of drug-likeness (QED) is 0.167. The van der Waals surface area contributed by atoms with Crippen LogP contribution in [0.4, 0.5) is 13.2 Å². The number of benzene rings is 4. The lowest BCUT2D eigenvalue weighted by Gasteiger charge is -2.53. The molecule has 41 heavy (non-hydrogen) atoms. The number of carbonyl (C=O) groups excluding carboxylic acids is 1. The third kappa shape index (κ3) is 5.17. The molecule has 0 aromatic heterocycles. The lowest BCUT2D eigenvalue weighted by molar-refractivity contribution is -0.137. The van der Waals surface area contributed by atoms with Crippen LogP contribution in [-0.2, 0) is 11.6 Å². The minimum absolute atomic E-state index is 0.00792. The summed E-state index contributed by atoms with van der Waals surface area (Å²) in [5.41, 5.74) is 6.78. The molecule has 5 rings (SSSR count). The summed E-state index contributed by atoms with van der Waals surface area (Å²) >= 11 is 0. The van der Waals surface area contributed by atoms with Crippen LogP contribution in [0.2, 0.25) is 0 Å². The van der Waals surface area contributed by atoms with Crippen LogP contribution in [0.25, 0.3) is 0 Å². The molecule has 212 valence electrons. The summed E-state index contributed by atoms with van der Waals surface area (Å²) in [5.74, 6) is -0.00792. The summed E-state index contributed by atoms with van der Waals surface area (Å²) in [6, 6.07) is 23.5. The highest BCUT2D eigenvalue weighted by molar-refractivity contribution is 7.74. The van der Waals surface area contributed by atoms with E-state index in [4.69, 9.17) is 0 Å². The second-order valence-electron chi connectivity index (χ2n) is 11.7. The maximum absolute atomic E-state index is 14.6. The number of aryl methyl sites for hydroxylation is 6. The van der Waals surface area contributed by atoms with Gasteiger partial charge in [-0.05, 0) is 113 Å². The summed E-state index contributed by atoms with van der Waals surface area (Å²) in [7, 11) is -1.04. The number of ketones is 1. The van der Waals surface area contributed by atoms with Gasteiger partial charge in [0, 0.05) is 11.2 Å².